The lowest BCUT2D eigenvalue weighted by Gasteiger charge is -2.10. The topological polar surface area (TPSA) is 72.3 Å². The predicted octanol–water partition coefficient (Wildman–Crippen LogP) is 3.35. The Morgan fingerprint density at radius 1 is 1.37 bits per heavy atom. The number of ether oxygens (including phenoxy) is 1. The van der Waals surface area contributed by atoms with E-state index >= 15 is 0 Å². The third-order valence-electron chi connectivity index (χ3n) is 2.41. The molecule has 0 saturated carbocycles. The molecule has 2 aromatic rings. The van der Waals surface area contributed by atoms with E-state index in [2.05, 4.69) is 25.9 Å². The Balaban J connectivity index is 2.45. The Kier molecular flexibility index (Phi) is 3.80. The number of carbonyl (C=O) groups is 1. The molecule has 0 unspecified atom stereocenters. The number of carboxylic acids is 1. The first-order valence-corrected chi connectivity index (χ1v) is 6.27. The van der Waals surface area contributed by atoms with Gasteiger partial charge in [0.15, 0.2) is 0 Å². The van der Waals surface area contributed by atoms with Crippen LogP contribution in [0.5, 0.6) is 11.6 Å². The third kappa shape index (κ3) is 3.08. The Morgan fingerprint density at radius 2 is 2.11 bits per heavy atom. The van der Waals surface area contributed by atoms with Gasteiger partial charge in [0.25, 0.3) is 0 Å². The minimum absolute atomic E-state index is 0.0749. The molecule has 0 amide bonds. The molecular formula is C13H11BrN2O3. The van der Waals surface area contributed by atoms with Crippen molar-refractivity contribution < 1.29 is 14.6 Å². The standard InChI is InChI=1S/C13H11BrN2O3/c1-7-6-15-8(2)12(16-7)19-11-5-9(14)3-4-10(11)13(17)18/h3-6H,1-2H3,(H,17,18). The Bertz CT molecular complexity index is 644. The number of aryl methyl sites for hydroxylation is 2. The highest BCUT2D eigenvalue weighted by atomic mass is 79.9. The lowest BCUT2D eigenvalue weighted by Crippen LogP contribution is -2.02. The van der Waals surface area contributed by atoms with Crippen molar-refractivity contribution in [1.29, 1.82) is 0 Å². The molecule has 1 heterocycles. The van der Waals surface area contributed by atoms with Crippen LogP contribution in [-0.2, 0) is 0 Å². The first-order chi connectivity index (χ1) is 8.97. The average molecular weight is 323 g/mol. The molecule has 0 saturated heterocycles. The second kappa shape index (κ2) is 5.36. The number of rotatable bonds is 3. The SMILES string of the molecule is Cc1cnc(C)c(Oc2cc(Br)ccc2C(=O)O)n1. The quantitative estimate of drug-likeness (QED) is 0.938. The summed E-state index contributed by atoms with van der Waals surface area (Å²) in [6.45, 7) is 3.54. The predicted molar refractivity (Wildman–Crippen MR) is 72.7 cm³/mol. The smallest absolute Gasteiger partial charge is 0.339 e. The van der Waals surface area contributed by atoms with Crippen molar-refractivity contribution in [3.05, 3.63) is 45.8 Å². The molecule has 2 rings (SSSR count). The molecule has 0 aliphatic rings. The van der Waals surface area contributed by atoms with E-state index in [9.17, 15) is 4.79 Å². The maximum absolute atomic E-state index is 11.1. The summed E-state index contributed by atoms with van der Waals surface area (Å²) in [7, 11) is 0. The third-order valence-corrected chi connectivity index (χ3v) is 2.91. The lowest BCUT2D eigenvalue weighted by molar-refractivity contribution is 0.0694. The van der Waals surface area contributed by atoms with Crippen molar-refractivity contribution in [2.75, 3.05) is 0 Å². The van der Waals surface area contributed by atoms with Gasteiger partial charge in [0.1, 0.15) is 11.3 Å². The normalized spacial score (nSPS) is 10.3. The van der Waals surface area contributed by atoms with Crippen molar-refractivity contribution in [3.63, 3.8) is 0 Å². The second-order valence-electron chi connectivity index (χ2n) is 3.95. The molecule has 0 aliphatic carbocycles. The molecule has 0 bridgehead atoms. The number of carboxylic acid groups (broad SMARTS) is 1. The first kappa shape index (κ1) is 13.5. The number of benzene rings is 1. The van der Waals surface area contributed by atoms with E-state index in [4.69, 9.17) is 9.84 Å². The summed E-state index contributed by atoms with van der Waals surface area (Å²) in [6.07, 6.45) is 1.63. The van der Waals surface area contributed by atoms with E-state index in [1.54, 1.807) is 32.2 Å². The van der Waals surface area contributed by atoms with Crippen LogP contribution < -0.4 is 4.74 Å². The van der Waals surface area contributed by atoms with E-state index < -0.39 is 5.97 Å². The van der Waals surface area contributed by atoms with E-state index in [0.29, 0.717) is 17.3 Å². The summed E-state index contributed by atoms with van der Waals surface area (Å²) < 4.78 is 6.31. The van der Waals surface area contributed by atoms with Crippen LogP contribution in [0.1, 0.15) is 21.7 Å². The molecule has 0 atom stereocenters. The van der Waals surface area contributed by atoms with Crippen LogP contribution in [0.2, 0.25) is 0 Å². The number of aromatic carboxylic acids is 1. The van der Waals surface area contributed by atoms with E-state index in [-0.39, 0.29) is 11.3 Å². The Labute approximate surface area is 118 Å². The Morgan fingerprint density at radius 3 is 2.79 bits per heavy atom. The van der Waals surface area contributed by atoms with Crippen molar-refractivity contribution >= 4 is 21.9 Å². The van der Waals surface area contributed by atoms with Gasteiger partial charge in [-0.15, -0.1) is 0 Å². The van der Waals surface area contributed by atoms with Crippen LogP contribution in [0.15, 0.2) is 28.9 Å². The molecule has 1 N–H and O–H groups in total. The highest BCUT2D eigenvalue weighted by molar-refractivity contribution is 9.10. The first-order valence-electron chi connectivity index (χ1n) is 5.48. The highest BCUT2D eigenvalue weighted by Crippen LogP contribution is 2.28. The molecule has 98 valence electrons. The fourth-order valence-corrected chi connectivity index (χ4v) is 1.81. The van der Waals surface area contributed by atoms with E-state index in [0.717, 1.165) is 4.47 Å². The van der Waals surface area contributed by atoms with Crippen LogP contribution in [-0.4, -0.2) is 21.0 Å². The van der Waals surface area contributed by atoms with Crippen molar-refractivity contribution in [3.8, 4) is 11.6 Å². The molecule has 0 aliphatic heterocycles. The van der Waals surface area contributed by atoms with Gasteiger partial charge in [-0.25, -0.2) is 9.78 Å². The van der Waals surface area contributed by atoms with Crippen LogP contribution in [0, 0.1) is 13.8 Å². The molecular weight excluding hydrogens is 312 g/mol. The molecule has 0 spiro atoms. The second-order valence-corrected chi connectivity index (χ2v) is 4.87. The van der Waals surface area contributed by atoms with Gasteiger partial charge in [-0.2, -0.15) is 0 Å². The molecule has 0 radical (unpaired) electrons. The summed E-state index contributed by atoms with van der Waals surface area (Å²) in [5.74, 6) is -0.522. The largest absolute Gasteiger partial charge is 0.478 e. The highest BCUT2D eigenvalue weighted by Gasteiger charge is 2.14. The van der Waals surface area contributed by atoms with Crippen LogP contribution in [0.3, 0.4) is 0 Å². The van der Waals surface area contributed by atoms with Crippen molar-refractivity contribution in [2.24, 2.45) is 0 Å². The maximum Gasteiger partial charge on any atom is 0.339 e. The summed E-state index contributed by atoms with van der Waals surface area (Å²) in [4.78, 5) is 19.5. The Hall–Kier alpha value is -1.95. The maximum atomic E-state index is 11.1. The summed E-state index contributed by atoms with van der Waals surface area (Å²) in [5.41, 5.74) is 1.38. The number of nitrogens with zero attached hydrogens (tertiary/aromatic N) is 2. The minimum Gasteiger partial charge on any atom is -0.478 e. The lowest BCUT2D eigenvalue weighted by atomic mass is 10.2. The van der Waals surface area contributed by atoms with Crippen LogP contribution in [0.4, 0.5) is 0 Å². The summed E-state index contributed by atoms with van der Waals surface area (Å²) >= 11 is 3.28. The molecule has 0 fully saturated rings. The van der Waals surface area contributed by atoms with Crippen molar-refractivity contribution in [1.82, 2.24) is 9.97 Å². The van der Waals surface area contributed by atoms with Gasteiger partial charge in [0.2, 0.25) is 5.88 Å². The number of hydrogen-bond donors (Lipinski definition) is 1. The summed E-state index contributed by atoms with van der Waals surface area (Å²) in [5, 5.41) is 9.13. The number of hydrogen-bond acceptors (Lipinski definition) is 4. The van der Waals surface area contributed by atoms with Gasteiger partial charge in [-0.05, 0) is 32.0 Å². The molecule has 1 aromatic heterocycles. The van der Waals surface area contributed by atoms with E-state index in [1.807, 2.05) is 0 Å². The van der Waals surface area contributed by atoms with Crippen LogP contribution in [0.25, 0.3) is 0 Å². The van der Waals surface area contributed by atoms with Crippen LogP contribution >= 0.6 is 15.9 Å². The summed E-state index contributed by atoms with van der Waals surface area (Å²) in [6, 6.07) is 4.71. The fraction of sp³-hybridized carbons (Fsp3) is 0.154. The van der Waals surface area contributed by atoms with Gasteiger partial charge >= 0.3 is 5.97 Å². The average Bonchev–Trinajstić information content (AvgIpc) is 2.33. The van der Waals surface area contributed by atoms with Gasteiger partial charge in [-0.3, -0.25) is 4.98 Å². The van der Waals surface area contributed by atoms with Gasteiger partial charge in [0, 0.05) is 10.7 Å². The zero-order valence-corrected chi connectivity index (χ0v) is 11.9. The minimum atomic E-state index is -1.05. The number of aromatic nitrogens is 2. The molecule has 1 aromatic carbocycles. The fourth-order valence-electron chi connectivity index (χ4n) is 1.47. The zero-order valence-electron chi connectivity index (χ0n) is 10.3. The van der Waals surface area contributed by atoms with Gasteiger partial charge < -0.3 is 9.84 Å². The number of halogens is 1. The molecule has 6 heteroatoms. The zero-order chi connectivity index (χ0) is 14.0. The molecule has 5 nitrogen and oxygen atoms in total. The van der Waals surface area contributed by atoms with E-state index in [1.165, 1.54) is 6.07 Å². The van der Waals surface area contributed by atoms with Crippen molar-refractivity contribution in [2.45, 2.75) is 13.8 Å². The monoisotopic (exact) mass is 322 g/mol. The van der Waals surface area contributed by atoms with Gasteiger partial charge in [0.05, 0.1) is 11.4 Å². The van der Waals surface area contributed by atoms with Gasteiger partial charge in [-0.1, -0.05) is 15.9 Å². The molecule has 19 heavy (non-hydrogen) atoms.